The van der Waals surface area contributed by atoms with E-state index in [-0.39, 0.29) is 17.7 Å². The number of rotatable bonds is 8. The topological polar surface area (TPSA) is 63.1 Å². The third-order valence-corrected chi connectivity index (χ3v) is 4.96. The summed E-state index contributed by atoms with van der Waals surface area (Å²) in [6.45, 7) is 7.14. The van der Waals surface area contributed by atoms with E-state index in [4.69, 9.17) is 0 Å². The molecule has 2 N–H and O–H groups in total. The molecule has 1 heterocycles. The van der Waals surface area contributed by atoms with Crippen LogP contribution >= 0.6 is 0 Å². The normalized spacial score (nSPS) is 11.0. The number of carbonyl (C=O) groups excluding carboxylic acids is 2. The van der Waals surface area contributed by atoms with E-state index < -0.39 is 0 Å². The van der Waals surface area contributed by atoms with Crippen LogP contribution in [0.1, 0.15) is 49.7 Å². The van der Waals surface area contributed by atoms with Gasteiger partial charge in [-0.3, -0.25) is 9.59 Å². The van der Waals surface area contributed by atoms with E-state index in [1.807, 2.05) is 68.4 Å². The minimum atomic E-state index is -0.0890. The van der Waals surface area contributed by atoms with Crippen molar-refractivity contribution in [3.63, 3.8) is 0 Å². The van der Waals surface area contributed by atoms with Crippen LogP contribution in [0.15, 0.2) is 54.6 Å². The van der Waals surface area contributed by atoms with Crippen LogP contribution in [0.4, 0.5) is 5.69 Å². The van der Waals surface area contributed by atoms with Crippen molar-refractivity contribution < 1.29 is 9.59 Å². The first-order valence-electron chi connectivity index (χ1n) is 10.3. The number of nitrogens with zero attached hydrogens (tertiary/aromatic N) is 1. The van der Waals surface area contributed by atoms with Gasteiger partial charge in [0.15, 0.2) is 0 Å². The summed E-state index contributed by atoms with van der Waals surface area (Å²) in [4.78, 5) is 24.9. The number of hydrogen-bond acceptors (Lipinski definition) is 2. The van der Waals surface area contributed by atoms with Gasteiger partial charge in [0.05, 0.1) is 0 Å². The highest BCUT2D eigenvalue weighted by atomic mass is 16.2. The number of nitrogens with one attached hydrogen (secondary N) is 2. The Balaban J connectivity index is 1.87. The van der Waals surface area contributed by atoms with E-state index in [2.05, 4.69) is 22.1 Å². The molecule has 0 fully saturated rings. The molecule has 1 aromatic heterocycles. The molecule has 0 aliphatic heterocycles. The zero-order valence-corrected chi connectivity index (χ0v) is 17.4. The molecule has 0 atom stereocenters. The minimum absolute atomic E-state index is 0.0180. The van der Waals surface area contributed by atoms with Gasteiger partial charge in [-0.25, -0.2) is 0 Å². The molecule has 152 valence electrons. The Kier molecular flexibility index (Phi) is 6.70. The number of fused-ring (bicyclic) bond motifs is 1. The van der Waals surface area contributed by atoms with Gasteiger partial charge in [-0.15, -0.1) is 0 Å². The van der Waals surface area contributed by atoms with Crippen LogP contribution in [0.5, 0.6) is 0 Å². The SMILES string of the molecule is CCCCn1c(C(=O)NCc2ccccc2)cc2cc(NC(=O)C(C)C)ccc21. The van der Waals surface area contributed by atoms with Crippen molar-refractivity contribution in [1.29, 1.82) is 0 Å². The molecule has 5 nitrogen and oxygen atoms in total. The molecule has 3 rings (SSSR count). The molecule has 0 saturated heterocycles. The highest BCUT2D eigenvalue weighted by Crippen LogP contribution is 2.25. The summed E-state index contributed by atoms with van der Waals surface area (Å²) in [6.07, 6.45) is 2.04. The van der Waals surface area contributed by atoms with E-state index in [0.29, 0.717) is 12.2 Å². The van der Waals surface area contributed by atoms with Gasteiger partial charge in [0, 0.05) is 35.6 Å². The van der Waals surface area contributed by atoms with Crippen LogP contribution in [-0.2, 0) is 17.9 Å². The Bertz CT molecular complexity index is 990. The Morgan fingerprint density at radius 2 is 1.79 bits per heavy atom. The first-order valence-corrected chi connectivity index (χ1v) is 10.3. The molecule has 3 aromatic rings. The van der Waals surface area contributed by atoms with Crippen LogP contribution in [0.25, 0.3) is 10.9 Å². The Morgan fingerprint density at radius 3 is 2.48 bits per heavy atom. The summed E-state index contributed by atoms with van der Waals surface area (Å²) in [6, 6.07) is 17.6. The average molecular weight is 392 g/mol. The van der Waals surface area contributed by atoms with Crippen molar-refractivity contribution in [3.05, 3.63) is 65.9 Å². The molecular formula is C24H29N3O2. The molecule has 29 heavy (non-hydrogen) atoms. The minimum Gasteiger partial charge on any atom is -0.347 e. The number of carbonyl (C=O) groups is 2. The molecule has 0 aliphatic carbocycles. The Labute approximate surface area is 172 Å². The van der Waals surface area contributed by atoms with Crippen molar-refractivity contribution in [2.75, 3.05) is 5.32 Å². The maximum atomic E-state index is 12.9. The summed E-state index contributed by atoms with van der Waals surface area (Å²) in [5.74, 6) is -0.191. The summed E-state index contributed by atoms with van der Waals surface area (Å²) >= 11 is 0. The van der Waals surface area contributed by atoms with Gasteiger partial charge >= 0.3 is 0 Å². The van der Waals surface area contributed by atoms with Gasteiger partial charge in [-0.1, -0.05) is 57.5 Å². The average Bonchev–Trinajstić information content (AvgIpc) is 3.08. The maximum absolute atomic E-state index is 12.9. The zero-order valence-electron chi connectivity index (χ0n) is 17.4. The molecule has 0 bridgehead atoms. The number of aromatic nitrogens is 1. The molecular weight excluding hydrogens is 362 g/mol. The van der Waals surface area contributed by atoms with Crippen molar-refractivity contribution in [2.45, 2.75) is 46.7 Å². The third-order valence-electron chi connectivity index (χ3n) is 4.96. The second kappa shape index (κ2) is 9.41. The summed E-state index contributed by atoms with van der Waals surface area (Å²) in [5, 5.41) is 6.91. The van der Waals surface area contributed by atoms with Gasteiger partial charge in [0.2, 0.25) is 5.91 Å². The number of benzene rings is 2. The zero-order chi connectivity index (χ0) is 20.8. The van der Waals surface area contributed by atoms with Crippen molar-refractivity contribution in [2.24, 2.45) is 5.92 Å². The van der Waals surface area contributed by atoms with Crippen molar-refractivity contribution in [3.8, 4) is 0 Å². The van der Waals surface area contributed by atoms with E-state index >= 15 is 0 Å². The lowest BCUT2D eigenvalue weighted by atomic mass is 10.2. The highest BCUT2D eigenvalue weighted by Gasteiger charge is 2.16. The lowest BCUT2D eigenvalue weighted by Gasteiger charge is -2.11. The fourth-order valence-corrected chi connectivity index (χ4v) is 3.25. The first-order chi connectivity index (χ1) is 14.0. The Morgan fingerprint density at radius 1 is 1.03 bits per heavy atom. The predicted molar refractivity (Wildman–Crippen MR) is 118 cm³/mol. The summed E-state index contributed by atoms with van der Waals surface area (Å²) in [5.41, 5.74) is 3.47. The van der Waals surface area contributed by atoms with Gasteiger partial charge < -0.3 is 15.2 Å². The molecule has 2 amide bonds. The molecule has 5 heteroatoms. The third kappa shape index (κ3) is 5.05. The number of unbranched alkanes of at least 4 members (excludes halogenated alkanes) is 1. The quantitative estimate of drug-likeness (QED) is 0.570. The van der Waals surface area contributed by atoms with Gasteiger partial charge in [0.25, 0.3) is 5.91 Å². The standard InChI is InChI=1S/C24H29N3O2/c1-4-5-13-27-21-12-11-20(26-23(28)17(2)3)14-19(21)15-22(27)24(29)25-16-18-9-7-6-8-10-18/h6-12,14-15,17H,4-5,13,16H2,1-3H3,(H,25,29)(H,26,28). The summed E-state index contributed by atoms with van der Waals surface area (Å²) in [7, 11) is 0. The summed E-state index contributed by atoms with van der Waals surface area (Å²) < 4.78 is 2.08. The monoisotopic (exact) mass is 391 g/mol. The van der Waals surface area contributed by atoms with Crippen LogP contribution in [0.3, 0.4) is 0 Å². The highest BCUT2D eigenvalue weighted by molar-refractivity contribution is 6.00. The fraction of sp³-hybridized carbons (Fsp3) is 0.333. The van der Waals surface area contributed by atoms with E-state index in [0.717, 1.165) is 41.5 Å². The predicted octanol–water partition coefficient (Wildman–Crippen LogP) is 4.97. The van der Waals surface area contributed by atoms with Crippen molar-refractivity contribution in [1.82, 2.24) is 9.88 Å². The van der Waals surface area contributed by atoms with E-state index in [1.165, 1.54) is 0 Å². The molecule has 0 unspecified atom stereocenters. The van der Waals surface area contributed by atoms with Crippen LogP contribution in [0, 0.1) is 5.92 Å². The van der Waals surface area contributed by atoms with Crippen LogP contribution < -0.4 is 10.6 Å². The molecule has 0 spiro atoms. The smallest absolute Gasteiger partial charge is 0.268 e. The van der Waals surface area contributed by atoms with Crippen molar-refractivity contribution >= 4 is 28.4 Å². The second-order valence-corrected chi connectivity index (χ2v) is 7.62. The molecule has 0 radical (unpaired) electrons. The van der Waals surface area contributed by atoms with E-state index in [9.17, 15) is 9.59 Å². The largest absolute Gasteiger partial charge is 0.347 e. The lowest BCUT2D eigenvalue weighted by Crippen LogP contribution is -2.25. The first kappa shape index (κ1) is 20.6. The molecule has 2 aromatic carbocycles. The number of aryl methyl sites for hydroxylation is 1. The molecule has 0 saturated carbocycles. The number of hydrogen-bond donors (Lipinski definition) is 2. The van der Waals surface area contributed by atoms with Crippen LogP contribution in [-0.4, -0.2) is 16.4 Å². The lowest BCUT2D eigenvalue weighted by molar-refractivity contribution is -0.118. The van der Waals surface area contributed by atoms with Crippen LogP contribution in [0.2, 0.25) is 0 Å². The molecule has 0 aliphatic rings. The fourth-order valence-electron chi connectivity index (χ4n) is 3.25. The van der Waals surface area contributed by atoms with Gasteiger partial charge in [0.1, 0.15) is 5.69 Å². The Hall–Kier alpha value is -3.08. The van der Waals surface area contributed by atoms with Gasteiger partial charge in [-0.05, 0) is 36.2 Å². The second-order valence-electron chi connectivity index (χ2n) is 7.62. The van der Waals surface area contributed by atoms with E-state index in [1.54, 1.807) is 0 Å². The number of anilines is 1. The van der Waals surface area contributed by atoms with Gasteiger partial charge in [-0.2, -0.15) is 0 Å². The maximum Gasteiger partial charge on any atom is 0.268 e. The number of amides is 2.